The van der Waals surface area contributed by atoms with E-state index in [1.165, 1.54) is 0 Å². The molecule has 1 aliphatic rings. The summed E-state index contributed by atoms with van der Waals surface area (Å²) in [5, 5.41) is 3.00. The number of aromatic nitrogens is 1. The molecular weight excluding hydrogens is 358 g/mol. The smallest absolute Gasteiger partial charge is 0.318 e. The van der Waals surface area contributed by atoms with E-state index in [-0.39, 0.29) is 12.1 Å². The maximum Gasteiger partial charge on any atom is 0.318 e. The second-order valence-electron chi connectivity index (χ2n) is 6.71. The van der Waals surface area contributed by atoms with E-state index in [0.29, 0.717) is 31.1 Å². The molecule has 0 spiro atoms. The first-order valence-corrected chi connectivity index (χ1v) is 9.43. The van der Waals surface area contributed by atoms with Crippen LogP contribution in [0.2, 0.25) is 0 Å². The van der Waals surface area contributed by atoms with Gasteiger partial charge in [-0.25, -0.2) is 4.79 Å². The van der Waals surface area contributed by atoms with Gasteiger partial charge in [0.15, 0.2) is 0 Å². The van der Waals surface area contributed by atoms with Crippen LogP contribution in [0.5, 0.6) is 11.5 Å². The molecule has 2 aromatic rings. The van der Waals surface area contributed by atoms with Crippen LogP contribution in [0.3, 0.4) is 0 Å². The average Bonchev–Trinajstić information content (AvgIpc) is 3.25. The third-order valence-corrected chi connectivity index (χ3v) is 4.78. The van der Waals surface area contributed by atoms with Crippen LogP contribution in [-0.2, 0) is 17.8 Å². The van der Waals surface area contributed by atoms with Gasteiger partial charge in [-0.3, -0.25) is 4.98 Å². The lowest BCUT2D eigenvalue weighted by molar-refractivity contribution is 0.0794. The van der Waals surface area contributed by atoms with Crippen molar-refractivity contribution in [2.24, 2.45) is 0 Å². The third kappa shape index (κ3) is 5.36. The molecule has 7 nitrogen and oxygen atoms in total. The van der Waals surface area contributed by atoms with Crippen LogP contribution in [0.4, 0.5) is 4.79 Å². The number of pyridine rings is 1. The van der Waals surface area contributed by atoms with Crippen molar-refractivity contribution in [3.8, 4) is 11.5 Å². The Balaban J connectivity index is 1.66. The predicted octanol–water partition coefficient (Wildman–Crippen LogP) is 2.99. The zero-order valence-electron chi connectivity index (χ0n) is 16.4. The summed E-state index contributed by atoms with van der Waals surface area (Å²) in [4.78, 5) is 18.7. The number of carbonyl (C=O) groups excluding carboxylic acids is 1. The molecule has 1 aromatic heterocycles. The Kier molecular flexibility index (Phi) is 7.08. The van der Waals surface area contributed by atoms with Crippen molar-refractivity contribution in [2.75, 3.05) is 27.4 Å². The molecule has 0 unspecified atom stereocenters. The summed E-state index contributed by atoms with van der Waals surface area (Å²) in [6.45, 7) is 2.20. The SMILES string of the molecule is COc1ccc(CNC(=O)N(Cc2ccncc2)C[C@@H]2CCCO2)c(OC)c1. The van der Waals surface area contributed by atoms with Crippen molar-refractivity contribution in [3.05, 3.63) is 53.9 Å². The van der Waals surface area contributed by atoms with Crippen LogP contribution in [0, 0.1) is 0 Å². The Morgan fingerprint density at radius 1 is 1.25 bits per heavy atom. The number of benzene rings is 1. The summed E-state index contributed by atoms with van der Waals surface area (Å²) in [5.74, 6) is 1.39. The fourth-order valence-corrected chi connectivity index (χ4v) is 3.24. The van der Waals surface area contributed by atoms with E-state index < -0.39 is 0 Å². The minimum Gasteiger partial charge on any atom is -0.497 e. The van der Waals surface area contributed by atoms with Crippen LogP contribution in [0.15, 0.2) is 42.7 Å². The topological polar surface area (TPSA) is 72.9 Å². The van der Waals surface area contributed by atoms with Gasteiger partial charge in [-0.05, 0) is 42.7 Å². The van der Waals surface area contributed by atoms with E-state index in [1.807, 2.05) is 30.3 Å². The highest BCUT2D eigenvalue weighted by Crippen LogP contribution is 2.24. The fourth-order valence-electron chi connectivity index (χ4n) is 3.24. The number of rotatable bonds is 8. The largest absolute Gasteiger partial charge is 0.497 e. The molecule has 0 bridgehead atoms. The van der Waals surface area contributed by atoms with Gasteiger partial charge in [-0.15, -0.1) is 0 Å². The molecule has 3 rings (SSSR count). The van der Waals surface area contributed by atoms with Crippen molar-refractivity contribution in [1.82, 2.24) is 15.2 Å². The van der Waals surface area contributed by atoms with Crippen molar-refractivity contribution in [2.45, 2.75) is 32.0 Å². The average molecular weight is 385 g/mol. The molecule has 0 radical (unpaired) electrons. The molecule has 2 heterocycles. The summed E-state index contributed by atoms with van der Waals surface area (Å²) in [6.07, 6.45) is 5.58. The van der Waals surface area contributed by atoms with E-state index in [4.69, 9.17) is 14.2 Å². The van der Waals surface area contributed by atoms with Crippen LogP contribution in [0.25, 0.3) is 0 Å². The van der Waals surface area contributed by atoms with Gasteiger partial charge in [-0.2, -0.15) is 0 Å². The van der Waals surface area contributed by atoms with Crippen LogP contribution in [-0.4, -0.2) is 49.4 Å². The predicted molar refractivity (Wildman–Crippen MR) is 105 cm³/mol. The van der Waals surface area contributed by atoms with Gasteiger partial charge in [-0.1, -0.05) is 0 Å². The van der Waals surface area contributed by atoms with E-state index in [1.54, 1.807) is 31.5 Å². The Hall–Kier alpha value is -2.80. The maximum atomic E-state index is 12.9. The lowest BCUT2D eigenvalue weighted by Gasteiger charge is -2.26. The molecule has 1 N–H and O–H groups in total. The molecular formula is C21H27N3O4. The van der Waals surface area contributed by atoms with Gasteiger partial charge in [0.1, 0.15) is 11.5 Å². The second-order valence-corrected chi connectivity index (χ2v) is 6.71. The molecule has 1 aromatic carbocycles. The normalized spacial score (nSPS) is 15.9. The Morgan fingerprint density at radius 3 is 2.75 bits per heavy atom. The lowest BCUT2D eigenvalue weighted by Crippen LogP contribution is -2.43. The molecule has 150 valence electrons. The highest BCUT2D eigenvalue weighted by molar-refractivity contribution is 5.74. The number of nitrogens with zero attached hydrogens (tertiary/aromatic N) is 2. The number of ether oxygens (including phenoxy) is 3. The molecule has 2 amide bonds. The fraction of sp³-hybridized carbons (Fsp3) is 0.429. The van der Waals surface area contributed by atoms with E-state index in [2.05, 4.69) is 10.3 Å². The van der Waals surface area contributed by atoms with Gasteiger partial charge in [0.2, 0.25) is 0 Å². The van der Waals surface area contributed by atoms with Crippen molar-refractivity contribution < 1.29 is 19.0 Å². The number of hydrogen-bond acceptors (Lipinski definition) is 5. The number of amides is 2. The molecule has 7 heteroatoms. The lowest BCUT2D eigenvalue weighted by atomic mass is 10.2. The van der Waals surface area contributed by atoms with Crippen LogP contribution >= 0.6 is 0 Å². The minimum atomic E-state index is -0.134. The summed E-state index contributed by atoms with van der Waals surface area (Å²) >= 11 is 0. The Labute approximate surface area is 165 Å². The first kappa shape index (κ1) is 19.9. The van der Waals surface area contributed by atoms with Gasteiger partial charge in [0, 0.05) is 50.3 Å². The molecule has 1 fully saturated rings. The van der Waals surface area contributed by atoms with Gasteiger partial charge < -0.3 is 24.4 Å². The molecule has 1 aliphatic heterocycles. The Bertz CT molecular complexity index is 764. The van der Waals surface area contributed by atoms with Crippen molar-refractivity contribution >= 4 is 6.03 Å². The molecule has 1 atom stereocenters. The minimum absolute atomic E-state index is 0.0862. The Morgan fingerprint density at radius 2 is 2.07 bits per heavy atom. The van der Waals surface area contributed by atoms with Gasteiger partial charge in [0.25, 0.3) is 0 Å². The van der Waals surface area contributed by atoms with Gasteiger partial charge >= 0.3 is 6.03 Å². The summed E-state index contributed by atoms with van der Waals surface area (Å²) < 4.78 is 16.4. The maximum absolute atomic E-state index is 12.9. The third-order valence-electron chi connectivity index (χ3n) is 4.78. The molecule has 0 saturated carbocycles. The highest BCUT2D eigenvalue weighted by Gasteiger charge is 2.23. The summed E-state index contributed by atoms with van der Waals surface area (Å²) in [6, 6.07) is 9.26. The number of carbonyl (C=O) groups is 1. The van der Waals surface area contributed by atoms with Crippen LogP contribution < -0.4 is 14.8 Å². The summed E-state index contributed by atoms with van der Waals surface area (Å²) in [5.41, 5.74) is 1.92. The van der Waals surface area contributed by atoms with Crippen molar-refractivity contribution in [1.29, 1.82) is 0 Å². The first-order chi connectivity index (χ1) is 13.7. The number of methoxy groups -OCH3 is 2. The quantitative estimate of drug-likeness (QED) is 0.756. The standard InChI is InChI=1S/C21H27N3O4/c1-26-18-6-5-17(20(12-18)27-2)13-23-21(25)24(15-19-4-3-11-28-19)14-16-7-9-22-10-8-16/h5-10,12,19H,3-4,11,13-15H2,1-2H3,(H,23,25)/t19-/m0/s1. The van der Waals surface area contributed by atoms with E-state index in [0.717, 1.165) is 30.6 Å². The van der Waals surface area contributed by atoms with Crippen LogP contribution in [0.1, 0.15) is 24.0 Å². The van der Waals surface area contributed by atoms with Crippen molar-refractivity contribution in [3.63, 3.8) is 0 Å². The van der Waals surface area contributed by atoms with E-state index in [9.17, 15) is 4.79 Å². The second kappa shape index (κ2) is 9.94. The zero-order valence-corrected chi connectivity index (χ0v) is 16.4. The number of hydrogen-bond donors (Lipinski definition) is 1. The monoisotopic (exact) mass is 385 g/mol. The molecule has 0 aliphatic carbocycles. The number of urea groups is 1. The molecule has 1 saturated heterocycles. The van der Waals surface area contributed by atoms with Gasteiger partial charge in [0.05, 0.1) is 20.3 Å². The zero-order chi connectivity index (χ0) is 19.8. The number of nitrogens with one attached hydrogen (secondary N) is 1. The van der Waals surface area contributed by atoms with E-state index >= 15 is 0 Å². The molecule has 28 heavy (non-hydrogen) atoms. The summed E-state index contributed by atoms with van der Waals surface area (Å²) in [7, 11) is 3.21. The highest BCUT2D eigenvalue weighted by atomic mass is 16.5. The first-order valence-electron chi connectivity index (χ1n) is 9.43.